The van der Waals surface area contributed by atoms with Gasteiger partial charge >= 0.3 is 0 Å². The number of nitro groups is 1. The SMILES string of the molecule is O=C(CC1(O)C(c2ccc([N+](=O)[O-])cc2)=COc2cc(O)cc(O)c21)NO. The number of aromatic hydroxyl groups is 2. The lowest BCUT2D eigenvalue weighted by Crippen LogP contribution is -2.37. The zero-order valence-electron chi connectivity index (χ0n) is 13.6. The quantitative estimate of drug-likeness (QED) is 0.305. The van der Waals surface area contributed by atoms with Crippen molar-refractivity contribution in [1.29, 1.82) is 0 Å². The van der Waals surface area contributed by atoms with Crippen LogP contribution in [0.25, 0.3) is 5.57 Å². The lowest BCUT2D eigenvalue weighted by molar-refractivity contribution is -0.384. The summed E-state index contributed by atoms with van der Waals surface area (Å²) in [5.74, 6) is -1.91. The number of ether oxygens (including phenoxy) is 1. The van der Waals surface area contributed by atoms with Crippen molar-refractivity contribution in [2.75, 3.05) is 0 Å². The monoisotopic (exact) mass is 374 g/mol. The Hall–Kier alpha value is -3.63. The Bertz CT molecular complexity index is 954. The zero-order chi connectivity index (χ0) is 19.8. The third kappa shape index (κ3) is 3.14. The van der Waals surface area contributed by atoms with Crippen molar-refractivity contribution in [3.63, 3.8) is 0 Å². The smallest absolute Gasteiger partial charge is 0.269 e. The fourth-order valence-electron chi connectivity index (χ4n) is 2.97. The maximum Gasteiger partial charge on any atom is 0.269 e. The molecule has 0 spiro atoms. The van der Waals surface area contributed by atoms with Gasteiger partial charge < -0.3 is 20.1 Å². The minimum absolute atomic E-state index is 0.0227. The number of carbonyl (C=O) groups is 1. The number of hydroxylamine groups is 1. The Kier molecular flexibility index (Phi) is 4.44. The highest BCUT2D eigenvalue weighted by Crippen LogP contribution is 2.51. The van der Waals surface area contributed by atoms with Crippen LogP contribution in [0.2, 0.25) is 0 Å². The van der Waals surface area contributed by atoms with Crippen LogP contribution in [0.4, 0.5) is 5.69 Å². The van der Waals surface area contributed by atoms with Gasteiger partial charge in [-0.05, 0) is 17.7 Å². The van der Waals surface area contributed by atoms with Gasteiger partial charge in [-0.2, -0.15) is 0 Å². The molecule has 10 nitrogen and oxygen atoms in total. The number of non-ortho nitro benzene ring substituents is 1. The van der Waals surface area contributed by atoms with E-state index in [2.05, 4.69) is 0 Å². The number of nitrogens with zero attached hydrogens (tertiary/aromatic N) is 1. The number of phenolic OH excluding ortho intramolecular Hbond substituents is 2. The van der Waals surface area contributed by atoms with Crippen molar-refractivity contribution in [2.45, 2.75) is 12.0 Å². The summed E-state index contributed by atoms with van der Waals surface area (Å²) in [6.45, 7) is 0. The highest BCUT2D eigenvalue weighted by atomic mass is 16.6. The van der Waals surface area contributed by atoms with E-state index in [1.54, 1.807) is 0 Å². The lowest BCUT2D eigenvalue weighted by atomic mass is 9.78. The molecule has 2 aromatic rings. The van der Waals surface area contributed by atoms with Gasteiger partial charge in [0.1, 0.15) is 22.8 Å². The molecule has 1 aliphatic rings. The highest BCUT2D eigenvalue weighted by molar-refractivity contribution is 5.85. The summed E-state index contributed by atoms with van der Waals surface area (Å²) in [7, 11) is 0. The molecular formula is C17H14N2O8. The predicted molar refractivity (Wildman–Crippen MR) is 89.9 cm³/mol. The molecule has 140 valence electrons. The van der Waals surface area contributed by atoms with E-state index in [1.807, 2.05) is 0 Å². The van der Waals surface area contributed by atoms with Crippen LogP contribution < -0.4 is 10.2 Å². The summed E-state index contributed by atoms with van der Waals surface area (Å²) in [6, 6.07) is 7.20. The van der Waals surface area contributed by atoms with E-state index in [1.165, 1.54) is 29.7 Å². The molecule has 5 N–H and O–H groups in total. The maximum atomic E-state index is 11.8. The fraction of sp³-hybridized carbons (Fsp3) is 0.118. The largest absolute Gasteiger partial charge is 0.508 e. The Morgan fingerprint density at radius 3 is 2.48 bits per heavy atom. The molecule has 1 amide bonds. The van der Waals surface area contributed by atoms with E-state index >= 15 is 0 Å². The van der Waals surface area contributed by atoms with Crippen LogP contribution in [0.1, 0.15) is 17.5 Å². The number of nitro benzene ring substituents is 1. The number of rotatable bonds is 4. The molecule has 0 aromatic heterocycles. The summed E-state index contributed by atoms with van der Waals surface area (Å²) < 4.78 is 5.37. The Balaban J connectivity index is 2.16. The van der Waals surface area contributed by atoms with E-state index in [4.69, 9.17) is 9.94 Å². The number of fused-ring (bicyclic) bond motifs is 1. The minimum atomic E-state index is -2.14. The lowest BCUT2D eigenvalue weighted by Gasteiger charge is -2.35. The van der Waals surface area contributed by atoms with E-state index in [0.717, 1.165) is 18.4 Å². The van der Waals surface area contributed by atoms with Crippen molar-refractivity contribution < 1.29 is 35.0 Å². The number of benzene rings is 2. The first-order chi connectivity index (χ1) is 12.8. The number of phenols is 2. The van der Waals surface area contributed by atoms with E-state index < -0.39 is 28.6 Å². The molecular weight excluding hydrogens is 360 g/mol. The van der Waals surface area contributed by atoms with Gasteiger partial charge in [-0.25, -0.2) is 5.48 Å². The molecule has 1 unspecified atom stereocenters. The third-order valence-electron chi connectivity index (χ3n) is 4.16. The average molecular weight is 374 g/mol. The molecule has 3 rings (SSSR count). The van der Waals surface area contributed by atoms with Crippen LogP contribution in [0.15, 0.2) is 42.7 Å². The molecule has 0 saturated heterocycles. The molecule has 2 aromatic carbocycles. The molecule has 0 radical (unpaired) electrons. The number of aliphatic hydroxyl groups is 1. The average Bonchev–Trinajstić information content (AvgIpc) is 2.61. The molecule has 10 heteroatoms. The van der Waals surface area contributed by atoms with Gasteiger partial charge in [0.15, 0.2) is 0 Å². The van der Waals surface area contributed by atoms with Crippen molar-refractivity contribution >= 4 is 17.2 Å². The van der Waals surface area contributed by atoms with E-state index in [0.29, 0.717) is 0 Å². The van der Waals surface area contributed by atoms with Gasteiger partial charge in [0.25, 0.3) is 5.69 Å². The van der Waals surface area contributed by atoms with E-state index in [9.17, 15) is 30.2 Å². The molecule has 0 aliphatic carbocycles. The van der Waals surface area contributed by atoms with Gasteiger partial charge in [-0.15, -0.1) is 0 Å². The molecule has 0 fully saturated rings. The maximum absolute atomic E-state index is 11.8. The first-order valence-electron chi connectivity index (χ1n) is 7.60. The highest BCUT2D eigenvalue weighted by Gasteiger charge is 2.44. The van der Waals surface area contributed by atoms with Crippen LogP contribution in [-0.4, -0.2) is 31.4 Å². The summed E-state index contributed by atoms with van der Waals surface area (Å²) in [6.07, 6.45) is 0.411. The normalized spacial score (nSPS) is 18.1. The second kappa shape index (κ2) is 6.59. The minimum Gasteiger partial charge on any atom is -0.508 e. The summed E-state index contributed by atoms with van der Waals surface area (Å²) in [5, 5.41) is 50.8. The van der Waals surface area contributed by atoms with Crippen LogP contribution in [0.3, 0.4) is 0 Å². The number of carbonyl (C=O) groups excluding carboxylic acids is 1. The number of hydrogen-bond acceptors (Lipinski definition) is 8. The van der Waals surface area contributed by atoms with Crippen molar-refractivity contribution in [3.8, 4) is 17.2 Å². The number of nitrogens with one attached hydrogen (secondary N) is 1. The molecule has 0 saturated carbocycles. The Labute approximate surface area is 151 Å². The number of hydrogen-bond donors (Lipinski definition) is 5. The summed E-state index contributed by atoms with van der Waals surface area (Å²) in [5.41, 5.74) is -0.804. The summed E-state index contributed by atoms with van der Waals surface area (Å²) in [4.78, 5) is 22.0. The molecule has 1 aliphatic heterocycles. The standard InChI is InChI=1S/C17H14N2O8/c20-11-5-13(21)16-14(6-11)27-8-12(17(16,23)7-15(22)18-24)9-1-3-10(4-2-9)19(25)26/h1-6,8,20-21,23-24H,7H2,(H,18,22). The van der Waals surface area contributed by atoms with Crippen LogP contribution in [0.5, 0.6) is 17.2 Å². The second-order valence-corrected chi connectivity index (χ2v) is 5.86. The van der Waals surface area contributed by atoms with Crippen LogP contribution in [0, 0.1) is 10.1 Å². The van der Waals surface area contributed by atoms with Crippen LogP contribution >= 0.6 is 0 Å². The second-order valence-electron chi connectivity index (χ2n) is 5.86. The Morgan fingerprint density at radius 1 is 1.22 bits per heavy atom. The zero-order valence-corrected chi connectivity index (χ0v) is 13.6. The van der Waals surface area contributed by atoms with Crippen molar-refractivity contribution in [2.24, 2.45) is 0 Å². The fourth-order valence-corrected chi connectivity index (χ4v) is 2.97. The van der Waals surface area contributed by atoms with Gasteiger partial charge in [-0.3, -0.25) is 20.1 Å². The van der Waals surface area contributed by atoms with E-state index in [-0.39, 0.29) is 33.9 Å². The first kappa shape index (κ1) is 18.2. The summed E-state index contributed by atoms with van der Waals surface area (Å²) >= 11 is 0. The Morgan fingerprint density at radius 2 is 1.89 bits per heavy atom. The topological polar surface area (TPSA) is 162 Å². The van der Waals surface area contributed by atoms with Gasteiger partial charge in [0, 0.05) is 29.8 Å². The van der Waals surface area contributed by atoms with Crippen molar-refractivity contribution in [3.05, 3.63) is 63.9 Å². The molecule has 1 atom stereocenters. The molecule has 1 heterocycles. The van der Waals surface area contributed by atoms with Gasteiger partial charge in [0.05, 0.1) is 23.2 Å². The number of amides is 1. The molecule has 27 heavy (non-hydrogen) atoms. The van der Waals surface area contributed by atoms with Crippen molar-refractivity contribution in [1.82, 2.24) is 5.48 Å². The van der Waals surface area contributed by atoms with Crippen LogP contribution in [-0.2, 0) is 10.4 Å². The van der Waals surface area contributed by atoms with Gasteiger partial charge in [-0.1, -0.05) is 0 Å². The first-order valence-corrected chi connectivity index (χ1v) is 7.60. The molecule has 0 bridgehead atoms. The predicted octanol–water partition coefficient (Wildman–Crippen LogP) is 1.52. The van der Waals surface area contributed by atoms with Gasteiger partial charge in [0.2, 0.25) is 5.91 Å². The third-order valence-corrected chi connectivity index (χ3v) is 4.16.